The Morgan fingerprint density at radius 1 is 1.00 bits per heavy atom. The third kappa shape index (κ3) is 3.41. The van der Waals surface area contributed by atoms with Gasteiger partial charge >= 0.3 is 0 Å². The average Bonchev–Trinajstić information content (AvgIpc) is 2.60. The van der Waals surface area contributed by atoms with E-state index in [1.807, 2.05) is 0 Å². The molecule has 2 rings (SSSR count). The summed E-state index contributed by atoms with van der Waals surface area (Å²) in [5.41, 5.74) is 0. The summed E-state index contributed by atoms with van der Waals surface area (Å²) in [6.07, 6.45) is 7.53. The Labute approximate surface area is 127 Å². The monoisotopic (exact) mass is 324 g/mol. The van der Waals surface area contributed by atoms with Gasteiger partial charge in [0.15, 0.2) is 0 Å². The summed E-state index contributed by atoms with van der Waals surface area (Å²) in [5.74, 6) is -0.0584. The second-order valence-electron chi connectivity index (χ2n) is 4.57. The number of thioether (sulfide) groups is 1. The molecular weight excluding hydrogens is 311 g/mol. The van der Waals surface area contributed by atoms with Crippen molar-refractivity contribution in [2.24, 2.45) is 0 Å². The Balaban J connectivity index is 2.20. The molecule has 0 bridgehead atoms. The van der Waals surface area contributed by atoms with Gasteiger partial charge in [0.05, 0.1) is 10.0 Å². The van der Waals surface area contributed by atoms with Crippen LogP contribution in [-0.2, 0) is 0 Å². The highest BCUT2D eigenvalue weighted by molar-refractivity contribution is 8.00. The van der Waals surface area contributed by atoms with E-state index in [0.29, 0.717) is 15.3 Å². The predicted molar refractivity (Wildman–Crippen MR) is 80.5 cm³/mol. The summed E-state index contributed by atoms with van der Waals surface area (Å²) in [7, 11) is 0. The highest BCUT2D eigenvalue weighted by Gasteiger charge is 2.20. The molecule has 18 heavy (non-hydrogen) atoms. The van der Waals surface area contributed by atoms with E-state index >= 15 is 0 Å². The molecule has 1 fully saturated rings. The van der Waals surface area contributed by atoms with Gasteiger partial charge in [0.1, 0.15) is 10.8 Å². The number of hydrogen-bond donors (Lipinski definition) is 1. The molecule has 0 atom stereocenters. The Morgan fingerprint density at radius 3 is 2.22 bits per heavy atom. The number of hydrogen-bond acceptors (Lipinski definition) is 2. The first-order valence-corrected chi connectivity index (χ1v) is 8.14. The van der Waals surface area contributed by atoms with Crippen LogP contribution in [0.1, 0.15) is 38.5 Å². The minimum absolute atomic E-state index is 0.0584. The average molecular weight is 326 g/mol. The first-order chi connectivity index (χ1) is 8.59. The van der Waals surface area contributed by atoms with E-state index in [1.165, 1.54) is 44.6 Å². The van der Waals surface area contributed by atoms with Crippen molar-refractivity contribution in [2.45, 2.75) is 48.7 Å². The molecule has 0 unspecified atom stereocenters. The maximum Gasteiger partial charge on any atom is 0.137 e. The van der Waals surface area contributed by atoms with Gasteiger partial charge in [-0.3, -0.25) is 0 Å². The van der Waals surface area contributed by atoms with Crippen molar-refractivity contribution < 1.29 is 5.11 Å². The summed E-state index contributed by atoms with van der Waals surface area (Å²) < 4.78 is 0. The lowest BCUT2D eigenvalue weighted by Gasteiger charge is -2.16. The number of halogens is 3. The van der Waals surface area contributed by atoms with Crippen LogP contribution in [0.25, 0.3) is 0 Å². The molecule has 1 N–H and O–H groups in total. The molecule has 0 amide bonds. The van der Waals surface area contributed by atoms with Crippen LogP contribution >= 0.6 is 46.6 Å². The summed E-state index contributed by atoms with van der Waals surface area (Å²) in [5, 5.41) is 11.1. The fraction of sp³-hybridized carbons (Fsp3) is 0.538. The molecule has 0 aromatic heterocycles. The van der Waals surface area contributed by atoms with Crippen LogP contribution in [0.15, 0.2) is 11.0 Å². The fourth-order valence-corrected chi connectivity index (χ4v) is 4.40. The zero-order valence-electron chi connectivity index (χ0n) is 9.89. The second kappa shape index (κ2) is 6.60. The van der Waals surface area contributed by atoms with Crippen LogP contribution in [0.5, 0.6) is 5.75 Å². The quantitative estimate of drug-likeness (QED) is 0.518. The second-order valence-corrected chi connectivity index (χ2v) is 7.04. The summed E-state index contributed by atoms with van der Waals surface area (Å²) in [6, 6.07) is 1.47. The molecule has 0 saturated heterocycles. The van der Waals surface area contributed by atoms with Crippen molar-refractivity contribution in [3.63, 3.8) is 0 Å². The zero-order chi connectivity index (χ0) is 13.1. The summed E-state index contributed by atoms with van der Waals surface area (Å²) in [4.78, 5) is 0.799. The van der Waals surface area contributed by atoms with Crippen molar-refractivity contribution in [3.05, 3.63) is 21.1 Å². The van der Waals surface area contributed by atoms with E-state index in [0.717, 1.165) is 4.90 Å². The standard InChI is InChI=1S/C13H15Cl3OS/c14-9-7-10(17)11(15)12(16)13(9)18-8-5-3-1-2-4-6-8/h7-8,17H,1-6H2. The van der Waals surface area contributed by atoms with Crippen molar-refractivity contribution in [2.75, 3.05) is 0 Å². The minimum atomic E-state index is -0.0584. The Bertz CT molecular complexity index is 429. The van der Waals surface area contributed by atoms with Crippen LogP contribution < -0.4 is 0 Å². The van der Waals surface area contributed by atoms with Gasteiger partial charge in [-0.25, -0.2) is 0 Å². The highest BCUT2D eigenvalue weighted by Crippen LogP contribution is 2.46. The first-order valence-electron chi connectivity index (χ1n) is 6.12. The summed E-state index contributed by atoms with van der Waals surface area (Å²) in [6.45, 7) is 0. The summed E-state index contributed by atoms with van der Waals surface area (Å²) >= 11 is 20.0. The van der Waals surface area contributed by atoms with E-state index in [9.17, 15) is 5.11 Å². The van der Waals surface area contributed by atoms with Gasteiger partial charge < -0.3 is 5.11 Å². The highest BCUT2D eigenvalue weighted by atomic mass is 35.5. The molecule has 1 nitrogen and oxygen atoms in total. The minimum Gasteiger partial charge on any atom is -0.506 e. The normalized spacial score (nSPS) is 17.7. The van der Waals surface area contributed by atoms with Crippen molar-refractivity contribution in [1.82, 2.24) is 0 Å². The zero-order valence-corrected chi connectivity index (χ0v) is 13.0. The lowest BCUT2D eigenvalue weighted by atomic mass is 10.2. The molecular formula is C13H15Cl3OS. The maximum absolute atomic E-state index is 9.55. The first kappa shape index (κ1) is 14.6. The van der Waals surface area contributed by atoms with Crippen LogP contribution in [-0.4, -0.2) is 10.4 Å². The SMILES string of the molecule is Oc1cc(Cl)c(SC2CCCCCC2)c(Cl)c1Cl. The van der Waals surface area contributed by atoms with Crippen LogP contribution in [0.2, 0.25) is 15.1 Å². The van der Waals surface area contributed by atoms with E-state index in [2.05, 4.69) is 0 Å². The molecule has 1 saturated carbocycles. The van der Waals surface area contributed by atoms with Gasteiger partial charge in [-0.1, -0.05) is 60.5 Å². The molecule has 0 heterocycles. The molecule has 1 aliphatic carbocycles. The molecule has 100 valence electrons. The van der Waals surface area contributed by atoms with Gasteiger partial charge in [-0.15, -0.1) is 11.8 Å². The number of phenols is 1. The molecule has 0 aliphatic heterocycles. The van der Waals surface area contributed by atoms with Gasteiger partial charge in [0.25, 0.3) is 0 Å². The molecule has 0 radical (unpaired) electrons. The van der Waals surface area contributed by atoms with Crippen LogP contribution in [0.3, 0.4) is 0 Å². The third-order valence-corrected chi connectivity index (χ3v) is 6.03. The third-order valence-electron chi connectivity index (χ3n) is 3.18. The van der Waals surface area contributed by atoms with Crippen LogP contribution in [0.4, 0.5) is 0 Å². The Morgan fingerprint density at radius 2 is 1.61 bits per heavy atom. The predicted octanol–water partition coefficient (Wildman–Crippen LogP) is 6.17. The number of phenolic OH excluding ortho intramolecular Hbond substituents is 1. The van der Waals surface area contributed by atoms with E-state index < -0.39 is 0 Å². The van der Waals surface area contributed by atoms with Crippen LogP contribution in [0, 0.1) is 0 Å². The Hall–Kier alpha value is 0.240. The number of aromatic hydroxyl groups is 1. The molecule has 1 aromatic rings. The maximum atomic E-state index is 9.55. The fourth-order valence-electron chi connectivity index (χ4n) is 2.20. The van der Waals surface area contributed by atoms with Crippen molar-refractivity contribution in [1.29, 1.82) is 0 Å². The molecule has 5 heteroatoms. The Kier molecular flexibility index (Phi) is 5.37. The number of rotatable bonds is 2. The van der Waals surface area contributed by atoms with E-state index in [4.69, 9.17) is 34.8 Å². The van der Waals surface area contributed by atoms with Gasteiger partial charge in [0.2, 0.25) is 0 Å². The largest absolute Gasteiger partial charge is 0.506 e. The van der Waals surface area contributed by atoms with Crippen molar-refractivity contribution in [3.8, 4) is 5.75 Å². The van der Waals surface area contributed by atoms with E-state index in [-0.39, 0.29) is 10.8 Å². The lowest BCUT2D eigenvalue weighted by molar-refractivity contribution is 0.475. The van der Waals surface area contributed by atoms with Crippen molar-refractivity contribution >= 4 is 46.6 Å². The lowest BCUT2D eigenvalue weighted by Crippen LogP contribution is -2.00. The molecule has 0 spiro atoms. The van der Waals surface area contributed by atoms with Gasteiger partial charge in [-0.2, -0.15) is 0 Å². The number of benzene rings is 1. The van der Waals surface area contributed by atoms with E-state index in [1.54, 1.807) is 11.8 Å². The molecule has 1 aliphatic rings. The van der Waals surface area contributed by atoms with Gasteiger partial charge in [-0.05, 0) is 12.8 Å². The molecule has 1 aromatic carbocycles. The topological polar surface area (TPSA) is 20.2 Å². The smallest absolute Gasteiger partial charge is 0.137 e. The van der Waals surface area contributed by atoms with Gasteiger partial charge in [0, 0.05) is 16.2 Å².